The van der Waals surface area contributed by atoms with Crippen molar-refractivity contribution in [3.05, 3.63) is 12.0 Å². The Kier molecular flexibility index (Phi) is 3.73. The van der Waals surface area contributed by atoms with Gasteiger partial charge in [0.2, 0.25) is 11.8 Å². The lowest BCUT2D eigenvalue weighted by molar-refractivity contribution is 0.260. The van der Waals surface area contributed by atoms with Gasteiger partial charge in [0.05, 0.1) is 13.3 Å². The van der Waals surface area contributed by atoms with Crippen molar-refractivity contribution in [1.29, 1.82) is 0 Å². The van der Waals surface area contributed by atoms with Crippen LogP contribution in [0.2, 0.25) is 0 Å². The lowest BCUT2D eigenvalue weighted by Gasteiger charge is -2.30. The van der Waals surface area contributed by atoms with Gasteiger partial charge in [0.25, 0.3) is 5.88 Å². The molecule has 1 atom stereocenters. The average molecular weight is 240 g/mol. The third-order valence-electron chi connectivity index (χ3n) is 2.86. The molecule has 0 spiro atoms. The first-order valence-electron chi connectivity index (χ1n) is 5.70. The number of nitrogens with one attached hydrogen (secondary N) is 1. The molecule has 1 aromatic heterocycles. The monoisotopic (exact) mass is 240 g/mol. The van der Waals surface area contributed by atoms with Crippen LogP contribution in [-0.2, 0) is 0 Å². The Labute approximate surface area is 100 Å². The van der Waals surface area contributed by atoms with Crippen LogP contribution >= 0.6 is 0 Å². The molecule has 1 N–H and O–H groups in total. The van der Waals surface area contributed by atoms with Crippen LogP contribution in [0.4, 0.5) is 10.3 Å². The molecule has 94 valence electrons. The summed E-state index contributed by atoms with van der Waals surface area (Å²) in [6.07, 6.45) is 3.35. The van der Waals surface area contributed by atoms with Crippen LogP contribution < -0.4 is 10.1 Å². The molecule has 0 aliphatic carbocycles. The highest BCUT2D eigenvalue weighted by atomic mass is 19.1. The highest BCUT2D eigenvalue weighted by Crippen LogP contribution is 2.16. The van der Waals surface area contributed by atoms with Gasteiger partial charge in [-0.15, -0.1) is 0 Å². The molecule has 0 aromatic carbocycles. The SMILES string of the molecule is COc1nc(N[C@H]2CCCN(C)C2)ncc1F. The normalized spacial score (nSPS) is 21.2. The van der Waals surface area contributed by atoms with Crippen molar-refractivity contribution in [2.45, 2.75) is 18.9 Å². The topological polar surface area (TPSA) is 50.3 Å². The van der Waals surface area contributed by atoms with Crippen LogP contribution in [0.15, 0.2) is 6.20 Å². The molecule has 0 amide bonds. The lowest BCUT2D eigenvalue weighted by atomic mass is 10.1. The van der Waals surface area contributed by atoms with Crippen LogP contribution in [0.1, 0.15) is 12.8 Å². The average Bonchev–Trinajstić information content (AvgIpc) is 2.32. The zero-order chi connectivity index (χ0) is 12.3. The fourth-order valence-electron chi connectivity index (χ4n) is 2.03. The van der Waals surface area contributed by atoms with E-state index in [0.29, 0.717) is 12.0 Å². The van der Waals surface area contributed by atoms with Gasteiger partial charge < -0.3 is 15.0 Å². The first-order chi connectivity index (χ1) is 8.19. The minimum absolute atomic E-state index is 0.0216. The van der Waals surface area contributed by atoms with E-state index in [2.05, 4.69) is 27.2 Å². The quantitative estimate of drug-likeness (QED) is 0.858. The summed E-state index contributed by atoms with van der Waals surface area (Å²) < 4.78 is 17.9. The predicted molar refractivity (Wildman–Crippen MR) is 62.7 cm³/mol. The van der Waals surface area contributed by atoms with Gasteiger partial charge in [-0.3, -0.25) is 0 Å². The maximum Gasteiger partial charge on any atom is 0.255 e. The number of piperidine rings is 1. The number of ether oxygens (including phenoxy) is 1. The number of methoxy groups -OCH3 is 1. The molecule has 0 radical (unpaired) electrons. The minimum atomic E-state index is -0.543. The number of likely N-dealkylation sites (N-methyl/N-ethyl adjacent to an activating group) is 1. The number of anilines is 1. The van der Waals surface area contributed by atoms with E-state index in [1.165, 1.54) is 7.11 Å². The first kappa shape index (κ1) is 12.0. The van der Waals surface area contributed by atoms with E-state index < -0.39 is 5.82 Å². The molecule has 2 heterocycles. The van der Waals surface area contributed by atoms with Crippen molar-refractivity contribution < 1.29 is 9.13 Å². The van der Waals surface area contributed by atoms with Gasteiger partial charge in [0, 0.05) is 12.6 Å². The Morgan fingerprint density at radius 1 is 1.59 bits per heavy atom. The van der Waals surface area contributed by atoms with Crippen LogP contribution in [0.3, 0.4) is 0 Å². The van der Waals surface area contributed by atoms with Gasteiger partial charge in [0.15, 0.2) is 0 Å². The second-order valence-electron chi connectivity index (χ2n) is 4.30. The highest BCUT2D eigenvalue weighted by Gasteiger charge is 2.18. The molecule has 1 aliphatic heterocycles. The Morgan fingerprint density at radius 3 is 3.12 bits per heavy atom. The number of halogens is 1. The summed E-state index contributed by atoms with van der Waals surface area (Å²) in [6, 6.07) is 0.309. The Hall–Kier alpha value is -1.43. The summed E-state index contributed by atoms with van der Waals surface area (Å²) in [5.74, 6) is -0.144. The molecule has 2 rings (SSSR count). The summed E-state index contributed by atoms with van der Waals surface area (Å²) in [5.41, 5.74) is 0. The largest absolute Gasteiger partial charge is 0.479 e. The molecule has 1 saturated heterocycles. The standard InChI is InChI=1S/C11H17FN4O/c1-16-5-3-4-8(7-16)14-11-13-6-9(12)10(15-11)17-2/h6,8H,3-5,7H2,1-2H3,(H,13,14,15)/t8-/m0/s1. The third-order valence-corrected chi connectivity index (χ3v) is 2.86. The Morgan fingerprint density at radius 2 is 2.41 bits per heavy atom. The van der Waals surface area contributed by atoms with Crippen molar-refractivity contribution in [2.24, 2.45) is 0 Å². The molecular formula is C11H17FN4O. The molecule has 17 heavy (non-hydrogen) atoms. The van der Waals surface area contributed by atoms with Crippen molar-refractivity contribution in [1.82, 2.24) is 14.9 Å². The summed E-state index contributed by atoms with van der Waals surface area (Å²) in [6.45, 7) is 2.06. The van der Waals surface area contributed by atoms with Gasteiger partial charge in [-0.1, -0.05) is 0 Å². The first-order valence-corrected chi connectivity index (χ1v) is 5.70. The highest BCUT2D eigenvalue weighted by molar-refractivity contribution is 5.30. The molecule has 1 aromatic rings. The number of likely N-dealkylation sites (tertiary alicyclic amines) is 1. The zero-order valence-electron chi connectivity index (χ0n) is 10.1. The van der Waals surface area contributed by atoms with E-state index in [-0.39, 0.29) is 5.88 Å². The van der Waals surface area contributed by atoms with E-state index >= 15 is 0 Å². The molecule has 0 bridgehead atoms. The third kappa shape index (κ3) is 3.03. The summed E-state index contributed by atoms with van der Waals surface area (Å²) in [4.78, 5) is 10.1. The maximum atomic E-state index is 13.1. The number of nitrogens with zero attached hydrogens (tertiary/aromatic N) is 3. The second-order valence-corrected chi connectivity index (χ2v) is 4.30. The smallest absolute Gasteiger partial charge is 0.255 e. The molecular weight excluding hydrogens is 223 g/mol. The van der Waals surface area contributed by atoms with Crippen LogP contribution in [0, 0.1) is 5.82 Å². The number of aromatic nitrogens is 2. The number of rotatable bonds is 3. The Bertz CT molecular complexity index is 388. The fraction of sp³-hybridized carbons (Fsp3) is 0.636. The van der Waals surface area contributed by atoms with Crippen molar-refractivity contribution in [3.63, 3.8) is 0 Å². The van der Waals surface area contributed by atoms with Gasteiger partial charge >= 0.3 is 0 Å². The van der Waals surface area contributed by atoms with Crippen molar-refractivity contribution in [3.8, 4) is 5.88 Å². The number of hydrogen-bond acceptors (Lipinski definition) is 5. The number of hydrogen-bond donors (Lipinski definition) is 1. The minimum Gasteiger partial charge on any atom is -0.479 e. The summed E-state index contributed by atoms with van der Waals surface area (Å²) >= 11 is 0. The summed E-state index contributed by atoms with van der Waals surface area (Å²) in [7, 11) is 3.48. The van der Waals surface area contributed by atoms with Crippen LogP contribution in [0.5, 0.6) is 5.88 Å². The van der Waals surface area contributed by atoms with Crippen molar-refractivity contribution in [2.75, 3.05) is 32.6 Å². The van der Waals surface area contributed by atoms with E-state index in [9.17, 15) is 4.39 Å². The van der Waals surface area contributed by atoms with Crippen LogP contribution in [0.25, 0.3) is 0 Å². The van der Waals surface area contributed by atoms with Gasteiger partial charge in [-0.25, -0.2) is 4.98 Å². The van der Waals surface area contributed by atoms with E-state index in [4.69, 9.17) is 4.74 Å². The van der Waals surface area contributed by atoms with Crippen LogP contribution in [-0.4, -0.2) is 48.2 Å². The van der Waals surface area contributed by atoms with E-state index in [0.717, 1.165) is 32.1 Å². The van der Waals surface area contributed by atoms with E-state index in [1.54, 1.807) is 0 Å². The zero-order valence-corrected chi connectivity index (χ0v) is 10.1. The maximum absolute atomic E-state index is 13.1. The fourth-order valence-corrected chi connectivity index (χ4v) is 2.03. The Balaban J connectivity index is 2.02. The molecule has 0 unspecified atom stereocenters. The predicted octanol–water partition coefficient (Wildman–Crippen LogP) is 1.13. The van der Waals surface area contributed by atoms with Gasteiger partial charge in [0.1, 0.15) is 0 Å². The van der Waals surface area contributed by atoms with E-state index in [1.807, 2.05) is 0 Å². The van der Waals surface area contributed by atoms with Gasteiger partial charge in [-0.05, 0) is 26.4 Å². The van der Waals surface area contributed by atoms with Gasteiger partial charge in [-0.2, -0.15) is 9.37 Å². The molecule has 5 nitrogen and oxygen atoms in total. The molecule has 1 aliphatic rings. The van der Waals surface area contributed by atoms with Crippen molar-refractivity contribution >= 4 is 5.95 Å². The molecule has 1 fully saturated rings. The second kappa shape index (κ2) is 5.27. The lowest BCUT2D eigenvalue weighted by Crippen LogP contribution is -2.40. The molecule has 0 saturated carbocycles. The molecule has 6 heteroatoms. The summed E-state index contributed by atoms with van der Waals surface area (Å²) in [5, 5.41) is 3.20.